The summed E-state index contributed by atoms with van der Waals surface area (Å²) < 4.78 is 36.8. The van der Waals surface area contributed by atoms with Gasteiger partial charge in [0.05, 0.1) is 23.6 Å². The Morgan fingerprint density at radius 1 is 0.969 bits per heavy atom. The van der Waals surface area contributed by atoms with Gasteiger partial charge in [-0.05, 0) is 53.7 Å². The highest BCUT2D eigenvalue weighted by molar-refractivity contribution is 7.93. The number of rotatable bonds is 2. The van der Waals surface area contributed by atoms with Gasteiger partial charge in [-0.15, -0.1) is 0 Å². The molecule has 0 radical (unpaired) electrons. The van der Waals surface area contributed by atoms with Crippen LogP contribution in [0.4, 0.5) is 9.59 Å². The summed E-state index contributed by atoms with van der Waals surface area (Å²) in [7, 11) is -4.16. The minimum Gasteiger partial charge on any atom is -0.444 e. The molecule has 1 N–H and O–H groups in total. The van der Waals surface area contributed by atoms with Crippen LogP contribution in [0, 0.1) is 0 Å². The van der Waals surface area contributed by atoms with E-state index in [1.807, 2.05) is 0 Å². The fraction of sp³-hybridized carbons (Fsp3) is 0.636. The largest absolute Gasteiger partial charge is 0.444 e. The lowest BCUT2D eigenvalue weighted by molar-refractivity contribution is 0.0136. The van der Waals surface area contributed by atoms with E-state index in [1.54, 1.807) is 59.7 Å². The monoisotopic (exact) mass is 468 g/mol. The number of aliphatic hydroxyl groups excluding tert-OH is 1. The number of likely N-dealkylation sites (tertiary alicyclic amines) is 2. The molecular weight excluding hydrogens is 436 g/mol. The third kappa shape index (κ3) is 4.30. The normalized spacial score (nSPS) is 26.1. The lowest BCUT2D eigenvalue weighted by atomic mass is 10.0. The number of nitrogens with zero attached hydrogens (tertiary/aromatic N) is 2. The number of β-amino-alcohol motifs (C(OH)–C–C–N with tert-alkyl or cyclic N) is 1. The van der Waals surface area contributed by atoms with Gasteiger partial charge in [-0.3, -0.25) is 4.90 Å². The van der Waals surface area contributed by atoms with Crippen molar-refractivity contribution in [2.45, 2.75) is 74.5 Å². The fourth-order valence-electron chi connectivity index (χ4n) is 4.24. The molecule has 0 saturated carbocycles. The summed E-state index contributed by atoms with van der Waals surface area (Å²) in [5, 5.41) is 11.1. The molecule has 2 fully saturated rings. The highest BCUT2D eigenvalue weighted by atomic mass is 32.2. The number of carbonyl (C=O) groups excluding carboxylic acids is 2. The molecular formula is C22H32N2O7S. The summed E-state index contributed by atoms with van der Waals surface area (Å²) >= 11 is 0. The van der Waals surface area contributed by atoms with Crippen molar-refractivity contribution >= 4 is 22.0 Å². The van der Waals surface area contributed by atoms with E-state index in [0.717, 1.165) is 0 Å². The summed E-state index contributed by atoms with van der Waals surface area (Å²) in [4.78, 5) is 28.2. The smallest absolute Gasteiger partial charge is 0.410 e. The zero-order valence-electron chi connectivity index (χ0n) is 19.4. The molecule has 1 aromatic carbocycles. The quantitative estimate of drug-likeness (QED) is 0.709. The van der Waals surface area contributed by atoms with Crippen molar-refractivity contribution in [3.8, 4) is 0 Å². The van der Waals surface area contributed by atoms with E-state index in [-0.39, 0.29) is 24.5 Å². The van der Waals surface area contributed by atoms with Gasteiger partial charge >= 0.3 is 12.2 Å². The van der Waals surface area contributed by atoms with Gasteiger partial charge in [0.1, 0.15) is 15.9 Å². The third-order valence-electron chi connectivity index (χ3n) is 5.54. The van der Waals surface area contributed by atoms with Crippen LogP contribution in [0.1, 0.15) is 41.5 Å². The summed E-state index contributed by atoms with van der Waals surface area (Å²) in [5.74, 6) is 0. The zero-order valence-corrected chi connectivity index (χ0v) is 20.2. The molecule has 2 heterocycles. The van der Waals surface area contributed by atoms with Crippen molar-refractivity contribution in [1.29, 1.82) is 0 Å². The average molecular weight is 469 g/mol. The Morgan fingerprint density at radius 3 is 2.03 bits per heavy atom. The van der Waals surface area contributed by atoms with Crippen LogP contribution < -0.4 is 0 Å². The average Bonchev–Trinajstić information content (AvgIpc) is 3.17. The maximum atomic E-state index is 13.8. The van der Waals surface area contributed by atoms with Gasteiger partial charge in [0.15, 0.2) is 9.84 Å². The maximum absolute atomic E-state index is 13.8. The highest BCUT2D eigenvalue weighted by Crippen LogP contribution is 2.45. The first kappa shape index (κ1) is 24.3. The van der Waals surface area contributed by atoms with Crippen LogP contribution in [0.2, 0.25) is 0 Å². The van der Waals surface area contributed by atoms with Gasteiger partial charge in [0.2, 0.25) is 0 Å². The Hall–Kier alpha value is -2.33. The van der Waals surface area contributed by atoms with Crippen molar-refractivity contribution in [3.05, 3.63) is 30.3 Å². The van der Waals surface area contributed by atoms with Crippen LogP contribution in [0.5, 0.6) is 0 Å². The second kappa shape index (κ2) is 7.91. The number of sulfone groups is 1. The lowest BCUT2D eigenvalue weighted by Crippen LogP contribution is -2.55. The molecule has 2 amide bonds. The highest BCUT2D eigenvalue weighted by Gasteiger charge is 2.68. The predicted octanol–water partition coefficient (Wildman–Crippen LogP) is 2.43. The molecule has 2 aliphatic rings. The second-order valence-electron chi connectivity index (χ2n) is 10.3. The summed E-state index contributed by atoms with van der Waals surface area (Å²) in [5.41, 5.74) is -1.60. The lowest BCUT2D eigenvalue weighted by Gasteiger charge is -2.32. The van der Waals surface area contributed by atoms with Crippen molar-refractivity contribution in [3.63, 3.8) is 0 Å². The molecule has 0 aliphatic carbocycles. The first-order valence-corrected chi connectivity index (χ1v) is 12.0. The van der Waals surface area contributed by atoms with Gasteiger partial charge in [0, 0.05) is 13.1 Å². The molecule has 32 heavy (non-hydrogen) atoms. The zero-order chi connectivity index (χ0) is 24.1. The van der Waals surface area contributed by atoms with Crippen molar-refractivity contribution in [1.82, 2.24) is 9.80 Å². The number of carbonyl (C=O) groups is 2. The van der Waals surface area contributed by atoms with Gasteiger partial charge < -0.3 is 19.5 Å². The van der Waals surface area contributed by atoms with Crippen LogP contribution in [0.15, 0.2) is 35.2 Å². The Kier molecular flexibility index (Phi) is 6.01. The molecule has 1 aromatic rings. The van der Waals surface area contributed by atoms with E-state index in [9.17, 15) is 23.1 Å². The van der Waals surface area contributed by atoms with E-state index >= 15 is 0 Å². The number of ether oxygens (including phenoxy) is 2. The number of benzene rings is 1. The third-order valence-corrected chi connectivity index (χ3v) is 8.11. The number of hydrogen-bond acceptors (Lipinski definition) is 7. The molecule has 3 rings (SSSR count). The van der Waals surface area contributed by atoms with Gasteiger partial charge in [-0.1, -0.05) is 18.2 Å². The van der Waals surface area contributed by atoms with Gasteiger partial charge in [-0.25, -0.2) is 18.0 Å². The van der Waals surface area contributed by atoms with Crippen LogP contribution in [0.3, 0.4) is 0 Å². The topological polar surface area (TPSA) is 113 Å². The molecule has 178 valence electrons. The Labute approximate surface area is 189 Å². The Balaban J connectivity index is 2.06. The molecule has 0 bridgehead atoms. The molecule has 0 aromatic heterocycles. The van der Waals surface area contributed by atoms with Crippen LogP contribution in [-0.4, -0.2) is 83.2 Å². The van der Waals surface area contributed by atoms with E-state index in [0.29, 0.717) is 0 Å². The summed E-state index contributed by atoms with van der Waals surface area (Å²) in [6, 6.07) is 6.76. The summed E-state index contributed by atoms with van der Waals surface area (Å²) in [6.07, 6.45) is -2.86. The fourth-order valence-corrected chi connectivity index (χ4v) is 6.51. The molecule has 2 aliphatic heterocycles. The first-order valence-electron chi connectivity index (χ1n) is 10.5. The Bertz CT molecular complexity index is 982. The van der Waals surface area contributed by atoms with Crippen molar-refractivity contribution < 1.29 is 32.6 Å². The molecule has 0 spiro atoms. The molecule has 3 atom stereocenters. The molecule has 3 unspecified atom stereocenters. The number of aliphatic hydroxyl groups is 1. The maximum Gasteiger partial charge on any atom is 0.410 e. The molecule has 2 saturated heterocycles. The van der Waals surface area contributed by atoms with E-state index < -0.39 is 50.1 Å². The SMILES string of the molecule is CC(C)(C)OC(=O)N1CC2N(C(=O)OC(C)(C)C)CC(O)C2(S(=O)(=O)c2ccccc2)C1. The van der Waals surface area contributed by atoms with E-state index in [1.165, 1.54) is 21.9 Å². The minimum absolute atomic E-state index is 0.0149. The van der Waals surface area contributed by atoms with Gasteiger partial charge in [0.25, 0.3) is 0 Å². The first-order chi connectivity index (χ1) is 14.6. The van der Waals surface area contributed by atoms with Crippen LogP contribution >= 0.6 is 0 Å². The molecule has 9 nitrogen and oxygen atoms in total. The van der Waals surface area contributed by atoms with Crippen LogP contribution in [0.25, 0.3) is 0 Å². The van der Waals surface area contributed by atoms with Crippen molar-refractivity contribution in [2.75, 3.05) is 19.6 Å². The standard InChI is InChI=1S/C22H32N2O7S/c1-20(2,3)30-18(26)23-12-16-22(14-23,32(28,29)15-10-8-7-9-11-15)17(25)13-24(16)19(27)31-21(4,5)6/h7-11,16-17,25H,12-14H2,1-6H3. The van der Waals surface area contributed by atoms with Crippen LogP contribution in [-0.2, 0) is 19.3 Å². The minimum atomic E-state index is -4.16. The second-order valence-corrected chi connectivity index (χ2v) is 12.5. The predicted molar refractivity (Wildman–Crippen MR) is 117 cm³/mol. The number of fused-ring (bicyclic) bond motifs is 1. The van der Waals surface area contributed by atoms with Gasteiger partial charge in [-0.2, -0.15) is 0 Å². The number of hydrogen-bond donors (Lipinski definition) is 1. The molecule has 10 heteroatoms. The summed E-state index contributed by atoms with van der Waals surface area (Å²) in [6.45, 7) is 9.61. The Morgan fingerprint density at radius 2 is 1.50 bits per heavy atom. The number of amides is 2. The van der Waals surface area contributed by atoms with E-state index in [4.69, 9.17) is 9.47 Å². The van der Waals surface area contributed by atoms with Crippen molar-refractivity contribution in [2.24, 2.45) is 0 Å². The van der Waals surface area contributed by atoms with E-state index in [2.05, 4.69) is 0 Å².